The maximum atomic E-state index is 13.5. The number of esters is 1. The molecule has 9 heteroatoms. The average Bonchev–Trinajstić information content (AvgIpc) is 3.32. The van der Waals surface area contributed by atoms with Gasteiger partial charge in [-0.2, -0.15) is 15.0 Å². The van der Waals surface area contributed by atoms with Crippen LogP contribution in [0, 0.1) is 5.92 Å². The third-order valence-corrected chi connectivity index (χ3v) is 6.13. The van der Waals surface area contributed by atoms with E-state index in [-0.39, 0.29) is 22.5 Å². The van der Waals surface area contributed by atoms with Crippen molar-refractivity contribution < 1.29 is 19.1 Å². The molecule has 0 spiro atoms. The highest BCUT2D eigenvalue weighted by Gasteiger charge is 2.33. The highest BCUT2D eigenvalue weighted by Crippen LogP contribution is 2.31. The number of piperidine rings is 1. The fourth-order valence-electron chi connectivity index (χ4n) is 3.48. The number of hydrogen-bond acceptors (Lipinski definition) is 6. The summed E-state index contributed by atoms with van der Waals surface area (Å²) in [5.74, 6) is -0.175. The summed E-state index contributed by atoms with van der Waals surface area (Å²) in [5, 5.41) is 8.32. The van der Waals surface area contributed by atoms with Crippen molar-refractivity contribution >= 4 is 27.8 Å². The second-order valence-corrected chi connectivity index (χ2v) is 8.10. The lowest BCUT2D eigenvalue weighted by Gasteiger charge is -2.38. The zero-order valence-electron chi connectivity index (χ0n) is 17.7. The molecule has 1 aliphatic rings. The lowest BCUT2D eigenvalue weighted by atomic mass is 9.91. The van der Waals surface area contributed by atoms with E-state index >= 15 is 0 Å². The van der Waals surface area contributed by atoms with Crippen LogP contribution < -0.4 is 0 Å². The number of methoxy groups -OCH3 is 1. The molecule has 1 aliphatic heterocycles. The summed E-state index contributed by atoms with van der Waals surface area (Å²) in [6.45, 7) is 8.12. The zero-order valence-corrected chi connectivity index (χ0v) is 19.3. The third-order valence-electron chi connectivity index (χ3n) is 5.37. The molecular formula is C22H25BrN4O4. The summed E-state index contributed by atoms with van der Waals surface area (Å²) in [7, 11) is 1.31. The molecule has 1 aromatic carbocycles. The van der Waals surface area contributed by atoms with Crippen molar-refractivity contribution in [1.29, 1.82) is 0 Å². The molecular weight excluding hydrogens is 464 g/mol. The van der Waals surface area contributed by atoms with Gasteiger partial charge in [0, 0.05) is 18.5 Å². The topological polar surface area (TPSA) is 86.5 Å². The summed E-state index contributed by atoms with van der Waals surface area (Å²) in [6.07, 6.45) is 4.77. The van der Waals surface area contributed by atoms with E-state index in [1.54, 1.807) is 25.4 Å². The summed E-state index contributed by atoms with van der Waals surface area (Å²) in [4.78, 5) is 28.4. The van der Waals surface area contributed by atoms with Crippen molar-refractivity contribution in [1.82, 2.24) is 19.9 Å². The van der Waals surface area contributed by atoms with E-state index in [1.807, 2.05) is 30.0 Å². The molecule has 0 bridgehead atoms. The molecule has 3 rings (SSSR count). The first-order valence-corrected chi connectivity index (χ1v) is 10.7. The first-order chi connectivity index (χ1) is 14.8. The van der Waals surface area contributed by atoms with Gasteiger partial charge in [-0.3, -0.25) is 4.79 Å². The molecule has 164 valence electrons. The van der Waals surface area contributed by atoms with Crippen LogP contribution in [0.15, 0.2) is 59.2 Å². The van der Waals surface area contributed by atoms with Crippen molar-refractivity contribution in [2.24, 2.45) is 5.92 Å². The summed E-state index contributed by atoms with van der Waals surface area (Å²) >= 11 is 3.27. The van der Waals surface area contributed by atoms with Gasteiger partial charge in [0.15, 0.2) is 4.67 Å². The highest BCUT2D eigenvalue weighted by atomic mass is 79.9. The van der Waals surface area contributed by atoms with Gasteiger partial charge in [0.25, 0.3) is 5.91 Å². The normalized spacial score (nSPS) is 19.4. The van der Waals surface area contributed by atoms with Crippen LogP contribution in [0.3, 0.4) is 0 Å². The molecule has 0 aliphatic carbocycles. The molecule has 2 atom stereocenters. The third kappa shape index (κ3) is 5.04. The van der Waals surface area contributed by atoms with E-state index in [4.69, 9.17) is 9.47 Å². The number of amides is 1. The van der Waals surface area contributed by atoms with Crippen LogP contribution in [0.25, 0.3) is 5.69 Å². The number of nitrogens with zero attached hydrogens (tertiary/aromatic N) is 4. The highest BCUT2D eigenvalue weighted by molar-refractivity contribution is 9.11. The molecule has 2 heterocycles. The zero-order chi connectivity index (χ0) is 22.5. The quantitative estimate of drug-likeness (QED) is 0.348. The minimum atomic E-state index is -0.488. The van der Waals surface area contributed by atoms with Crippen LogP contribution in [0.4, 0.5) is 0 Å². The molecule has 31 heavy (non-hydrogen) atoms. The molecule has 1 unspecified atom stereocenters. The van der Waals surface area contributed by atoms with Gasteiger partial charge in [-0.1, -0.05) is 18.7 Å². The molecule has 0 saturated carbocycles. The lowest BCUT2D eigenvalue weighted by molar-refractivity contribution is -0.136. The van der Waals surface area contributed by atoms with Gasteiger partial charge in [-0.25, -0.2) is 4.79 Å². The number of hydrogen-bond donors (Lipinski definition) is 0. The maximum absolute atomic E-state index is 13.5. The minimum Gasteiger partial charge on any atom is -0.466 e. The average molecular weight is 489 g/mol. The SMILES string of the molecule is C=C(O/C(Br)=C(\C)C(=O)OC)C1CC[C@@H](C)N(C(=O)c2ccccc2-n2nccn2)C1. The first kappa shape index (κ1) is 22.7. The van der Waals surface area contributed by atoms with Crippen molar-refractivity contribution in [3.8, 4) is 5.69 Å². The van der Waals surface area contributed by atoms with Crippen molar-refractivity contribution in [3.05, 3.63) is 64.8 Å². The number of para-hydroxylation sites is 1. The molecule has 1 aromatic heterocycles. The monoisotopic (exact) mass is 488 g/mol. The number of benzene rings is 1. The van der Waals surface area contributed by atoms with Crippen LogP contribution in [0.5, 0.6) is 0 Å². The van der Waals surface area contributed by atoms with E-state index in [0.717, 1.165) is 12.8 Å². The second kappa shape index (κ2) is 9.91. The lowest BCUT2D eigenvalue weighted by Crippen LogP contribution is -2.46. The van der Waals surface area contributed by atoms with Crippen LogP contribution in [-0.2, 0) is 14.3 Å². The molecule has 0 N–H and O–H groups in total. The number of carbonyl (C=O) groups excluding carboxylic acids is 2. The van der Waals surface area contributed by atoms with E-state index in [1.165, 1.54) is 11.9 Å². The van der Waals surface area contributed by atoms with Crippen molar-refractivity contribution in [3.63, 3.8) is 0 Å². The largest absolute Gasteiger partial charge is 0.466 e. The van der Waals surface area contributed by atoms with Gasteiger partial charge >= 0.3 is 5.97 Å². The Morgan fingerprint density at radius 1 is 1.19 bits per heavy atom. The van der Waals surface area contributed by atoms with Gasteiger partial charge in [0.2, 0.25) is 0 Å². The van der Waals surface area contributed by atoms with Crippen LogP contribution in [-0.4, -0.2) is 51.5 Å². The maximum Gasteiger partial charge on any atom is 0.337 e. The summed E-state index contributed by atoms with van der Waals surface area (Å²) in [6, 6.07) is 7.33. The van der Waals surface area contributed by atoms with Crippen LogP contribution in [0.1, 0.15) is 37.0 Å². The number of rotatable bonds is 6. The Morgan fingerprint density at radius 2 is 1.87 bits per heavy atom. The number of likely N-dealkylation sites (tertiary alicyclic amines) is 1. The standard InChI is InChI=1S/C22H25BrN4O4/c1-14-9-10-17(16(3)31-20(23)15(2)22(29)30-4)13-26(14)21(28)18-7-5-6-8-19(18)27-24-11-12-25-27/h5-8,11-12,14,17H,3,9-10,13H2,1-2,4H3/b20-15+/t14-,17?/m1/s1. The Morgan fingerprint density at radius 3 is 2.55 bits per heavy atom. The molecule has 1 fully saturated rings. The van der Waals surface area contributed by atoms with Crippen molar-refractivity contribution in [2.75, 3.05) is 13.7 Å². The predicted octanol–water partition coefficient (Wildman–Crippen LogP) is 3.84. The number of carbonyl (C=O) groups is 2. The molecule has 1 amide bonds. The minimum absolute atomic E-state index is 0.0611. The van der Waals surface area contributed by atoms with E-state index < -0.39 is 5.97 Å². The smallest absolute Gasteiger partial charge is 0.337 e. The fraction of sp³-hybridized carbons (Fsp3) is 0.364. The van der Waals surface area contributed by atoms with E-state index in [0.29, 0.717) is 29.1 Å². The Balaban J connectivity index is 1.78. The van der Waals surface area contributed by atoms with Gasteiger partial charge in [-0.15, -0.1) is 0 Å². The first-order valence-electron chi connectivity index (χ1n) is 9.91. The van der Waals surface area contributed by atoms with E-state index in [9.17, 15) is 9.59 Å². The number of halogens is 1. The van der Waals surface area contributed by atoms with Gasteiger partial charge in [0.05, 0.1) is 36.3 Å². The van der Waals surface area contributed by atoms with Gasteiger partial charge < -0.3 is 14.4 Å². The Kier molecular flexibility index (Phi) is 7.27. The van der Waals surface area contributed by atoms with Crippen LogP contribution >= 0.6 is 15.9 Å². The fourth-order valence-corrected chi connectivity index (χ4v) is 3.85. The van der Waals surface area contributed by atoms with Gasteiger partial charge in [-0.05, 0) is 54.8 Å². The predicted molar refractivity (Wildman–Crippen MR) is 118 cm³/mol. The summed E-state index contributed by atoms with van der Waals surface area (Å²) in [5.41, 5.74) is 1.46. The Hall–Kier alpha value is -2.94. The Labute approximate surface area is 189 Å². The molecule has 8 nitrogen and oxygen atoms in total. The molecule has 1 saturated heterocycles. The van der Waals surface area contributed by atoms with Crippen molar-refractivity contribution in [2.45, 2.75) is 32.7 Å². The number of ether oxygens (including phenoxy) is 2. The summed E-state index contributed by atoms with van der Waals surface area (Å²) < 4.78 is 10.7. The molecule has 2 aromatic rings. The van der Waals surface area contributed by atoms with Gasteiger partial charge in [0.1, 0.15) is 5.76 Å². The van der Waals surface area contributed by atoms with E-state index in [2.05, 4.69) is 32.7 Å². The van der Waals surface area contributed by atoms with Crippen LogP contribution in [0.2, 0.25) is 0 Å². The molecule has 0 radical (unpaired) electrons. The second-order valence-electron chi connectivity index (χ2n) is 7.38. The number of aromatic nitrogens is 3. The Bertz CT molecular complexity index is 1000.